The molecule has 0 unspecified atom stereocenters. The number of anilines is 2. The SMILES string of the molecule is C.CC1=C(C)N(c2c(C(C)C)cccc2C(C)C)CN1c1c(C(C)C)cccc1C(C)C. The van der Waals surface area contributed by atoms with Crippen molar-refractivity contribution in [1.29, 1.82) is 0 Å². The predicted molar refractivity (Wildman–Crippen MR) is 144 cm³/mol. The number of hydrogen-bond donors (Lipinski definition) is 0. The van der Waals surface area contributed by atoms with E-state index < -0.39 is 0 Å². The normalized spacial score (nSPS) is 14.4. The van der Waals surface area contributed by atoms with E-state index in [4.69, 9.17) is 0 Å². The highest BCUT2D eigenvalue weighted by molar-refractivity contribution is 5.73. The molecule has 0 spiro atoms. The van der Waals surface area contributed by atoms with Crippen molar-refractivity contribution >= 4 is 11.4 Å². The van der Waals surface area contributed by atoms with Gasteiger partial charge in [0.15, 0.2) is 0 Å². The Morgan fingerprint density at radius 2 is 0.781 bits per heavy atom. The molecular formula is C30H46N2. The van der Waals surface area contributed by atoms with E-state index in [0.29, 0.717) is 23.7 Å². The van der Waals surface area contributed by atoms with E-state index in [9.17, 15) is 0 Å². The Balaban J connectivity index is 0.00000363. The quantitative estimate of drug-likeness (QED) is 0.447. The minimum absolute atomic E-state index is 0. The topological polar surface area (TPSA) is 6.48 Å². The number of rotatable bonds is 6. The van der Waals surface area contributed by atoms with E-state index in [1.165, 1.54) is 45.0 Å². The Bertz CT molecular complexity index is 833. The third-order valence-electron chi connectivity index (χ3n) is 6.84. The first kappa shape index (κ1) is 26.0. The maximum absolute atomic E-state index is 2.57. The van der Waals surface area contributed by atoms with Gasteiger partial charge < -0.3 is 9.80 Å². The van der Waals surface area contributed by atoms with Gasteiger partial charge in [-0.25, -0.2) is 0 Å². The van der Waals surface area contributed by atoms with Crippen molar-refractivity contribution in [1.82, 2.24) is 0 Å². The number of allylic oxidation sites excluding steroid dienone is 2. The molecular weight excluding hydrogens is 388 g/mol. The fourth-order valence-corrected chi connectivity index (χ4v) is 4.87. The summed E-state index contributed by atoms with van der Waals surface area (Å²) in [6, 6.07) is 13.7. The van der Waals surface area contributed by atoms with E-state index in [0.717, 1.165) is 6.67 Å². The van der Waals surface area contributed by atoms with E-state index in [1.54, 1.807) is 0 Å². The molecule has 1 aliphatic rings. The lowest BCUT2D eigenvalue weighted by atomic mass is 9.91. The first-order chi connectivity index (χ1) is 14.6. The van der Waals surface area contributed by atoms with Crippen LogP contribution in [0.5, 0.6) is 0 Å². The van der Waals surface area contributed by atoms with Crippen molar-refractivity contribution in [3.8, 4) is 0 Å². The zero-order valence-electron chi connectivity index (χ0n) is 21.4. The van der Waals surface area contributed by atoms with Gasteiger partial charge in [0.2, 0.25) is 0 Å². The molecule has 0 amide bonds. The summed E-state index contributed by atoms with van der Waals surface area (Å²) in [6.45, 7) is 24.0. The Kier molecular flexibility index (Phi) is 8.26. The van der Waals surface area contributed by atoms with Gasteiger partial charge in [-0.05, 0) is 59.8 Å². The molecule has 0 saturated carbocycles. The summed E-state index contributed by atoms with van der Waals surface area (Å²) in [7, 11) is 0. The van der Waals surface area contributed by atoms with Crippen LogP contribution in [0.2, 0.25) is 0 Å². The molecule has 0 bridgehead atoms. The molecule has 32 heavy (non-hydrogen) atoms. The molecule has 0 saturated heterocycles. The first-order valence-corrected chi connectivity index (χ1v) is 12.0. The Labute approximate surface area is 198 Å². The van der Waals surface area contributed by atoms with Crippen LogP contribution in [0.4, 0.5) is 11.4 Å². The third kappa shape index (κ3) is 4.60. The van der Waals surface area contributed by atoms with Gasteiger partial charge in [0.05, 0.1) is 6.67 Å². The molecule has 2 nitrogen and oxygen atoms in total. The molecule has 176 valence electrons. The van der Waals surface area contributed by atoms with E-state index in [1.807, 2.05) is 0 Å². The Morgan fingerprint density at radius 3 is 1.00 bits per heavy atom. The minimum Gasteiger partial charge on any atom is -0.325 e. The lowest BCUT2D eigenvalue weighted by Crippen LogP contribution is -2.30. The highest BCUT2D eigenvalue weighted by atomic mass is 15.4. The maximum atomic E-state index is 2.57. The molecule has 0 atom stereocenters. The van der Waals surface area contributed by atoms with Crippen LogP contribution in [-0.4, -0.2) is 6.67 Å². The molecule has 0 N–H and O–H groups in total. The van der Waals surface area contributed by atoms with Crippen LogP contribution < -0.4 is 9.80 Å². The molecule has 2 heteroatoms. The van der Waals surface area contributed by atoms with Crippen molar-refractivity contribution in [3.63, 3.8) is 0 Å². The fraction of sp³-hybridized carbons (Fsp3) is 0.533. The molecule has 0 aliphatic carbocycles. The van der Waals surface area contributed by atoms with Gasteiger partial charge in [-0.15, -0.1) is 0 Å². The van der Waals surface area contributed by atoms with Crippen molar-refractivity contribution in [2.24, 2.45) is 0 Å². The van der Waals surface area contributed by atoms with Crippen molar-refractivity contribution in [2.45, 2.75) is 100 Å². The van der Waals surface area contributed by atoms with Gasteiger partial charge in [0.25, 0.3) is 0 Å². The van der Waals surface area contributed by atoms with E-state index in [2.05, 4.69) is 115 Å². The van der Waals surface area contributed by atoms with E-state index in [-0.39, 0.29) is 7.43 Å². The summed E-state index contributed by atoms with van der Waals surface area (Å²) in [6.07, 6.45) is 0. The van der Waals surface area contributed by atoms with Gasteiger partial charge in [0, 0.05) is 22.8 Å². The smallest absolute Gasteiger partial charge is 0.0995 e. The summed E-state index contributed by atoms with van der Waals surface area (Å²) >= 11 is 0. The molecule has 3 rings (SSSR count). The summed E-state index contributed by atoms with van der Waals surface area (Å²) in [5, 5.41) is 0. The maximum Gasteiger partial charge on any atom is 0.0995 e. The fourth-order valence-electron chi connectivity index (χ4n) is 4.87. The number of nitrogens with zero attached hydrogens (tertiary/aromatic N) is 2. The second-order valence-corrected chi connectivity index (χ2v) is 10.4. The highest BCUT2D eigenvalue weighted by Gasteiger charge is 2.32. The van der Waals surface area contributed by atoms with Gasteiger partial charge in [-0.3, -0.25) is 0 Å². The van der Waals surface area contributed by atoms with Crippen LogP contribution in [0.25, 0.3) is 0 Å². The molecule has 1 aliphatic heterocycles. The third-order valence-corrected chi connectivity index (χ3v) is 6.84. The number of hydrogen-bond acceptors (Lipinski definition) is 2. The van der Waals surface area contributed by atoms with Gasteiger partial charge in [0.1, 0.15) is 0 Å². The average Bonchev–Trinajstić information content (AvgIpc) is 3.00. The summed E-state index contributed by atoms with van der Waals surface area (Å²) < 4.78 is 0. The number of benzene rings is 2. The summed E-state index contributed by atoms with van der Waals surface area (Å²) in [4.78, 5) is 5.14. The van der Waals surface area contributed by atoms with Crippen molar-refractivity contribution < 1.29 is 0 Å². The van der Waals surface area contributed by atoms with Gasteiger partial charge >= 0.3 is 0 Å². The second kappa shape index (κ2) is 10.1. The average molecular weight is 435 g/mol. The van der Waals surface area contributed by atoms with Crippen molar-refractivity contribution in [3.05, 3.63) is 70.0 Å². The van der Waals surface area contributed by atoms with Crippen LogP contribution in [0, 0.1) is 0 Å². The molecule has 1 heterocycles. The highest BCUT2D eigenvalue weighted by Crippen LogP contribution is 2.44. The van der Waals surface area contributed by atoms with Crippen LogP contribution >= 0.6 is 0 Å². The Hall–Kier alpha value is -2.22. The van der Waals surface area contributed by atoms with Crippen LogP contribution in [-0.2, 0) is 0 Å². The second-order valence-electron chi connectivity index (χ2n) is 10.4. The zero-order chi connectivity index (χ0) is 23.0. The van der Waals surface area contributed by atoms with E-state index >= 15 is 0 Å². The molecule has 0 fully saturated rings. The van der Waals surface area contributed by atoms with Crippen molar-refractivity contribution in [2.75, 3.05) is 16.5 Å². The lowest BCUT2D eigenvalue weighted by molar-refractivity contribution is 0.796. The predicted octanol–water partition coefficient (Wildman–Crippen LogP) is 9.35. The summed E-state index contributed by atoms with van der Waals surface area (Å²) in [5.74, 6) is 1.96. The molecule has 2 aromatic carbocycles. The van der Waals surface area contributed by atoms with Crippen LogP contribution in [0.3, 0.4) is 0 Å². The Morgan fingerprint density at radius 1 is 0.531 bits per heavy atom. The molecule has 0 aromatic heterocycles. The van der Waals surface area contributed by atoms with Gasteiger partial charge in [-0.1, -0.05) is 99.2 Å². The summed E-state index contributed by atoms with van der Waals surface area (Å²) in [5.41, 5.74) is 11.3. The standard InChI is InChI=1S/C29H42N2.CH4/c1-18(2)24-13-11-14-25(19(3)4)28(24)30-17-31(23(10)22(30)9)29-26(20(5)6)15-12-16-27(29)21(7)8;/h11-16,18-21H,17H2,1-10H3;1H4. The lowest BCUT2D eigenvalue weighted by Gasteiger charge is -2.32. The minimum atomic E-state index is 0. The van der Waals surface area contributed by atoms with Crippen LogP contribution in [0.1, 0.15) is 123 Å². The largest absolute Gasteiger partial charge is 0.325 e. The monoisotopic (exact) mass is 434 g/mol. The first-order valence-electron chi connectivity index (χ1n) is 12.0. The van der Waals surface area contributed by atoms with Crippen LogP contribution in [0.15, 0.2) is 47.8 Å². The zero-order valence-corrected chi connectivity index (χ0v) is 21.4. The molecule has 0 radical (unpaired) electrons. The van der Waals surface area contributed by atoms with Gasteiger partial charge in [-0.2, -0.15) is 0 Å². The number of para-hydroxylation sites is 2. The molecule has 2 aromatic rings.